The largest absolute Gasteiger partial charge is 0.280 e. The van der Waals surface area contributed by atoms with Gasteiger partial charge in [0.25, 0.3) is 11.5 Å². The Morgan fingerprint density at radius 1 is 0.968 bits per heavy atom. The summed E-state index contributed by atoms with van der Waals surface area (Å²) in [6.07, 6.45) is 3.08. The van der Waals surface area contributed by atoms with E-state index in [4.69, 9.17) is 0 Å². The smallest absolute Gasteiger partial charge is 0.267 e. The zero-order valence-corrected chi connectivity index (χ0v) is 17.0. The second kappa shape index (κ2) is 7.21. The highest BCUT2D eigenvalue weighted by Crippen LogP contribution is 2.28. The molecule has 3 heterocycles. The van der Waals surface area contributed by atoms with Gasteiger partial charge >= 0.3 is 0 Å². The van der Waals surface area contributed by atoms with Gasteiger partial charge in [-0.15, -0.1) is 0 Å². The molecule has 152 valence electrons. The van der Waals surface area contributed by atoms with Gasteiger partial charge in [-0.2, -0.15) is 5.10 Å². The Balaban J connectivity index is 1.62. The van der Waals surface area contributed by atoms with Crippen molar-refractivity contribution in [2.45, 2.75) is 13.8 Å². The molecule has 7 nitrogen and oxygen atoms in total. The molecule has 7 heteroatoms. The first kappa shape index (κ1) is 18.7. The van der Waals surface area contributed by atoms with Crippen LogP contribution in [-0.4, -0.2) is 25.2 Å². The highest BCUT2D eigenvalue weighted by molar-refractivity contribution is 6.01. The molecular weight excluding hydrogens is 390 g/mol. The Hall–Kier alpha value is -4.26. The van der Waals surface area contributed by atoms with Crippen molar-refractivity contribution >= 4 is 22.5 Å². The van der Waals surface area contributed by atoms with Crippen molar-refractivity contribution in [2.75, 3.05) is 5.43 Å². The molecule has 0 saturated carbocycles. The number of hydrogen-bond acceptors (Lipinski definition) is 4. The molecule has 2 aromatic carbocycles. The predicted molar refractivity (Wildman–Crippen MR) is 120 cm³/mol. The summed E-state index contributed by atoms with van der Waals surface area (Å²) in [7, 11) is 0. The number of nitrogens with zero attached hydrogens (tertiary/aromatic N) is 4. The highest BCUT2D eigenvalue weighted by Gasteiger charge is 2.17. The zero-order chi connectivity index (χ0) is 21.5. The minimum absolute atomic E-state index is 0.352. The van der Waals surface area contributed by atoms with Gasteiger partial charge in [0.1, 0.15) is 0 Å². The third-order valence-corrected chi connectivity index (χ3v) is 5.36. The third kappa shape index (κ3) is 3.07. The molecule has 1 N–H and O–H groups in total. The van der Waals surface area contributed by atoms with Gasteiger partial charge in [0.2, 0.25) is 0 Å². The van der Waals surface area contributed by atoms with E-state index in [0.29, 0.717) is 22.1 Å². The molecule has 0 bridgehead atoms. The average Bonchev–Trinajstić information content (AvgIpc) is 3.12. The first-order chi connectivity index (χ1) is 15.0. The topological polar surface area (TPSA) is 81.3 Å². The number of hydrogen-bond donors (Lipinski definition) is 1. The van der Waals surface area contributed by atoms with Crippen LogP contribution in [0.2, 0.25) is 0 Å². The van der Waals surface area contributed by atoms with E-state index >= 15 is 0 Å². The molecule has 0 radical (unpaired) electrons. The SMILES string of the molecule is Cc1ccccc1C(=O)Nn1ccc2c(cnc3c(-c4ccccc4)c(C)nn32)c1=O. The first-order valence-corrected chi connectivity index (χ1v) is 9.87. The van der Waals surface area contributed by atoms with Crippen molar-refractivity contribution in [1.29, 1.82) is 0 Å². The Bertz CT molecular complexity index is 1520. The van der Waals surface area contributed by atoms with Crippen molar-refractivity contribution in [3.8, 4) is 11.1 Å². The summed E-state index contributed by atoms with van der Waals surface area (Å²) in [6, 6.07) is 18.9. The van der Waals surface area contributed by atoms with E-state index in [1.54, 1.807) is 28.9 Å². The van der Waals surface area contributed by atoms with E-state index in [2.05, 4.69) is 15.5 Å². The molecule has 0 fully saturated rings. The molecular formula is C24H19N5O2. The minimum Gasteiger partial charge on any atom is -0.267 e. The van der Waals surface area contributed by atoms with Gasteiger partial charge in [-0.05, 0) is 37.1 Å². The molecule has 5 aromatic rings. The van der Waals surface area contributed by atoms with E-state index in [0.717, 1.165) is 22.4 Å². The maximum Gasteiger partial charge on any atom is 0.280 e. The molecule has 0 atom stereocenters. The van der Waals surface area contributed by atoms with Crippen LogP contribution < -0.4 is 11.0 Å². The van der Waals surface area contributed by atoms with E-state index in [-0.39, 0.29) is 11.5 Å². The van der Waals surface area contributed by atoms with Crippen LogP contribution in [0.3, 0.4) is 0 Å². The van der Waals surface area contributed by atoms with Crippen molar-refractivity contribution in [1.82, 2.24) is 19.3 Å². The molecule has 0 saturated heterocycles. The number of pyridine rings is 1. The summed E-state index contributed by atoms with van der Waals surface area (Å²) < 4.78 is 2.86. The lowest BCUT2D eigenvalue weighted by atomic mass is 10.1. The Morgan fingerprint density at radius 3 is 2.48 bits per heavy atom. The number of carbonyl (C=O) groups excluding carboxylic acids is 1. The average molecular weight is 409 g/mol. The van der Waals surface area contributed by atoms with Gasteiger partial charge in [-0.1, -0.05) is 48.5 Å². The van der Waals surface area contributed by atoms with Gasteiger partial charge in [-0.3, -0.25) is 15.0 Å². The lowest BCUT2D eigenvalue weighted by Gasteiger charge is -2.11. The predicted octanol–water partition coefficient (Wildman–Crippen LogP) is 3.71. The highest BCUT2D eigenvalue weighted by atomic mass is 16.2. The summed E-state index contributed by atoms with van der Waals surface area (Å²) in [4.78, 5) is 30.2. The van der Waals surface area contributed by atoms with Crippen LogP contribution in [-0.2, 0) is 0 Å². The summed E-state index contributed by atoms with van der Waals surface area (Å²) in [5.74, 6) is -0.352. The van der Waals surface area contributed by atoms with Crippen molar-refractivity contribution in [3.05, 3.63) is 100 Å². The molecule has 0 aliphatic carbocycles. The number of aromatic nitrogens is 4. The first-order valence-electron chi connectivity index (χ1n) is 9.87. The number of fused-ring (bicyclic) bond motifs is 3. The number of benzene rings is 2. The van der Waals surface area contributed by atoms with E-state index < -0.39 is 0 Å². The quantitative estimate of drug-likeness (QED) is 0.493. The van der Waals surface area contributed by atoms with Crippen LogP contribution >= 0.6 is 0 Å². The van der Waals surface area contributed by atoms with Gasteiger partial charge < -0.3 is 0 Å². The second-order valence-electron chi connectivity index (χ2n) is 7.37. The fraction of sp³-hybridized carbons (Fsp3) is 0.0833. The van der Waals surface area contributed by atoms with E-state index in [1.807, 2.05) is 56.3 Å². The third-order valence-electron chi connectivity index (χ3n) is 5.36. The molecule has 0 spiro atoms. The number of aryl methyl sites for hydroxylation is 2. The number of rotatable bonds is 3. The summed E-state index contributed by atoms with van der Waals surface area (Å²) in [5, 5.41) is 4.99. The fourth-order valence-electron chi connectivity index (χ4n) is 3.80. The summed E-state index contributed by atoms with van der Waals surface area (Å²) >= 11 is 0. The van der Waals surface area contributed by atoms with Crippen LogP contribution in [0.1, 0.15) is 21.6 Å². The molecule has 0 aliphatic rings. The molecule has 3 aromatic heterocycles. The number of carbonyl (C=O) groups is 1. The standard InChI is InChI=1S/C24H19N5O2/c1-15-8-6-7-11-18(15)23(30)27-28-13-12-20-19(24(28)31)14-25-22-21(16(2)26-29(20)22)17-9-4-3-5-10-17/h3-14H,1-2H3,(H,27,30). The summed E-state index contributed by atoms with van der Waals surface area (Å²) in [5.41, 5.74) is 7.70. The molecule has 1 amide bonds. The number of nitrogens with one attached hydrogen (secondary N) is 1. The zero-order valence-electron chi connectivity index (χ0n) is 17.0. The monoisotopic (exact) mass is 409 g/mol. The minimum atomic E-state index is -0.372. The lowest BCUT2D eigenvalue weighted by molar-refractivity contribution is 0.101. The Morgan fingerprint density at radius 2 is 1.71 bits per heavy atom. The van der Waals surface area contributed by atoms with Gasteiger partial charge in [0.15, 0.2) is 5.65 Å². The maximum atomic E-state index is 13.1. The normalized spacial score (nSPS) is 11.2. The fourth-order valence-corrected chi connectivity index (χ4v) is 3.80. The van der Waals surface area contributed by atoms with Crippen molar-refractivity contribution in [3.63, 3.8) is 0 Å². The maximum absolute atomic E-state index is 13.1. The van der Waals surface area contributed by atoms with Crippen LogP contribution in [0.25, 0.3) is 27.7 Å². The van der Waals surface area contributed by atoms with E-state index in [1.165, 1.54) is 10.9 Å². The van der Waals surface area contributed by atoms with Crippen LogP contribution in [0.4, 0.5) is 0 Å². The van der Waals surface area contributed by atoms with Gasteiger partial charge in [0, 0.05) is 23.5 Å². The molecule has 5 rings (SSSR count). The van der Waals surface area contributed by atoms with Crippen molar-refractivity contribution in [2.24, 2.45) is 0 Å². The molecule has 31 heavy (non-hydrogen) atoms. The van der Waals surface area contributed by atoms with Crippen LogP contribution in [0.5, 0.6) is 0 Å². The Labute approximate surface area is 177 Å². The van der Waals surface area contributed by atoms with Crippen LogP contribution in [0, 0.1) is 13.8 Å². The Kier molecular flexibility index (Phi) is 4.36. The van der Waals surface area contributed by atoms with Gasteiger partial charge in [0.05, 0.1) is 16.6 Å². The molecule has 0 unspecified atom stereocenters. The number of amides is 1. The van der Waals surface area contributed by atoms with E-state index in [9.17, 15) is 9.59 Å². The van der Waals surface area contributed by atoms with Crippen molar-refractivity contribution < 1.29 is 4.79 Å². The van der Waals surface area contributed by atoms with Gasteiger partial charge in [-0.25, -0.2) is 14.2 Å². The molecule has 0 aliphatic heterocycles. The lowest BCUT2D eigenvalue weighted by Crippen LogP contribution is -2.33. The van der Waals surface area contributed by atoms with Crippen LogP contribution in [0.15, 0.2) is 77.9 Å². The summed E-state index contributed by atoms with van der Waals surface area (Å²) in [6.45, 7) is 3.77. The second-order valence-corrected chi connectivity index (χ2v) is 7.37.